The molecule has 0 fully saturated rings. The van der Waals surface area contributed by atoms with Crippen molar-refractivity contribution in [1.82, 2.24) is 5.32 Å². The lowest BCUT2D eigenvalue weighted by Gasteiger charge is -2.22. The van der Waals surface area contributed by atoms with Crippen LogP contribution in [0.1, 0.15) is 35.3 Å². The van der Waals surface area contributed by atoms with Crippen LogP contribution in [0.15, 0.2) is 24.3 Å². The van der Waals surface area contributed by atoms with Gasteiger partial charge in [0, 0.05) is 11.6 Å². The van der Waals surface area contributed by atoms with Crippen LogP contribution in [0, 0.1) is 6.92 Å². The standard InChI is InChI=1S/C15H18N2O4/c1-9-6-10(4-5-12(18)19)8-11(7-9)13(20)17-15(2,3)14(16)21/h4-8H,1-3H3,(H2,16,21)(H,17,20)(H,18,19)/b5-4+. The van der Waals surface area contributed by atoms with Crippen LogP contribution in [0.25, 0.3) is 6.08 Å². The summed E-state index contributed by atoms with van der Waals surface area (Å²) >= 11 is 0. The number of nitrogens with two attached hydrogens (primary N) is 1. The van der Waals surface area contributed by atoms with Gasteiger partial charge in [0.25, 0.3) is 5.91 Å². The number of aryl methyl sites for hydroxylation is 1. The number of benzene rings is 1. The summed E-state index contributed by atoms with van der Waals surface area (Å²) in [5, 5.41) is 11.2. The van der Waals surface area contributed by atoms with E-state index in [4.69, 9.17) is 10.8 Å². The number of rotatable bonds is 5. The quantitative estimate of drug-likeness (QED) is 0.705. The Balaban J connectivity index is 3.05. The zero-order chi connectivity index (χ0) is 16.2. The monoisotopic (exact) mass is 290 g/mol. The first kappa shape index (κ1) is 16.4. The summed E-state index contributed by atoms with van der Waals surface area (Å²) in [6, 6.07) is 4.93. The number of amides is 2. The van der Waals surface area contributed by atoms with E-state index in [0.717, 1.165) is 11.6 Å². The van der Waals surface area contributed by atoms with E-state index in [2.05, 4.69) is 5.32 Å². The molecule has 6 nitrogen and oxygen atoms in total. The molecule has 6 heteroatoms. The van der Waals surface area contributed by atoms with Crippen LogP contribution < -0.4 is 11.1 Å². The van der Waals surface area contributed by atoms with Crippen molar-refractivity contribution < 1.29 is 19.5 Å². The van der Waals surface area contributed by atoms with E-state index in [1.165, 1.54) is 19.9 Å². The zero-order valence-electron chi connectivity index (χ0n) is 12.1. The van der Waals surface area contributed by atoms with Crippen molar-refractivity contribution in [3.8, 4) is 0 Å². The topological polar surface area (TPSA) is 109 Å². The molecule has 0 aromatic heterocycles. The SMILES string of the molecule is Cc1cc(/C=C/C(=O)O)cc(C(=O)NC(C)(C)C(N)=O)c1. The average molecular weight is 290 g/mol. The van der Waals surface area contributed by atoms with Crippen LogP contribution >= 0.6 is 0 Å². The molecule has 1 aromatic rings. The van der Waals surface area contributed by atoms with Crippen molar-refractivity contribution in [2.75, 3.05) is 0 Å². The molecule has 1 aromatic carbocycles. The molecular formula is C15H18N2O4. The number of hydrogen-bond donors (Lipinski definition) is 3. The van der Waals surface area contributed by atoms with Gasteiger partial charge in [-0.15, -0.1) is 0 Å². The van der Waals surface area contributed by atoms with Crippen LogP contribution in [0.5, 0.6) is 0 Å². The molecule has 4 N–H and O–H groups in total. The Hall–Kier alpha value is -2.63. The van der Waals surface area contributed by atoms with Crippen molar-refractivity contribution >= 4 is 23.9 Å². The highest BCUT2D eigenvalue weighted by Crippen LogP contribution is 2.13. The van der Waals surface area contributed by atoms with E-state index in [-0.39, 0.29) is 0 Å². The Labute approximate surface area is 122 Å². The molecule has 0 heterocycles. The lowest BCUT2D eigenvalue weighted by molar-refractivity contribution is -0.131. The Bertz CT molecular complexity index is 618. The molecule has 2 amide bonds. The fraction of sp³-hybridized carbons (Fsp3) is 0.267. The molecule has 0 saturated carbocycles. The van der Waals surface area contributed by atoms with Gasteiger partial charge in [-0.25, -0.2) is 4.79 Å². The van der Waals surface area contributed by atoms with Crippen LogP contribution in [0.2, 0.25) is 0 Å². The smallest absolute Gasteiger partial charge is 0.328 e. The van der Waals surface area contributed by atoms with Gasteiger partial charge in [-0.1, -0.05) is 6.07 Å². The fourth-order valence-corrected chi connectivity index (χ4v) is 1.63. The first-order valence-corrected chi connectivity index (χ1v) is 6.27. The van der Waals surface area contributed by atoms with E-state index >= 15 is 0 Å². The number of primary amides is 1. The maximum atomic E-state index is 12.1. The summed E-state index contributed by atoms with van der Waals surface area (Å²) in [7, 11) is 0. The molecule has 0 aliphatic rings. The first-order chi connectivity index (χ1) is 9.61. The van der Waals surface area contributed by atoms with Crippen LogP contribution in [-0.4, -0.2) is 28.4 Å². The number of carbonyl (C=O) groups is 3. The lowest BCUT2D eigenvalue weighted by Crippen LogP contribution is -2.53. The maximum Gasteiger partial charge on any atom is 0.328 e. The maximum absolute atomic E-state index is 12.1. The van der Waals surface area contributed by atoms with E-state index in [1.807, 2.05) is 0 Å². The number of carbonyl (C=O) groups excluding carboxylic acids is 2. The van der Waals surface area contributed by atoms with Gasteiger partial charge in [0.05, 0.1) is 0 Å². The molecule has 0 atom stereocenters. The molecule has 0 unspecified atom stereocenters. The van der Waals surface area contributed by atoms with Gasteiger partial charge in [0.15, 0.2) is 0 Å². The van der Waals surface area contributed by atoms with Crippen molar-refractivity contribution in [1.29, 1.82) is 0 Å². The highest BCUT2D eigenvalue weighted by Gasteiger charge is 2.27. The van der Waals surface area contributed by atoms with E-state index in [9.17, 15) is 14.4 Å². The number of nitrogens with one attached hydrogen (secondary N) is 1. The molecule has 0 spiro atoms. The summed E-state index contributed by atoms with van der Waals surface area (Å²) < 4.78 is 0. The number of hydrogen-bond acceptors (Lipinski definition) is 3. The largest absolute Gasteiger partial charge is 0.478 e. The Morgan fingerprint density at radius 3 is 2.38 bits per heavy atom. The third kappa shape index (κ3) is 4.76. The zero-order valence-corrected chi connectivity index (χ0v) is 12.1. The number of aliphatic carboxylic acids is 1. The third-order valence-corrected chi connectivity index (χ3v) is 2.82. The van der Waals surface area contributed by atoms with Gasteiger partial charge in [0.1, 0.15) is 5.54 Å². The molecular weight excluding hydrogens is 272 g/mol. The van der Waals surface area contributed by atoms with Gasteiger partial charge in [-0.3, -0.25) is 9.59 Å². The molecule has 0 aliphatic carbocycles. The lowest BCUT2D eigenvalue weighted by atomic mass is 10.0. The highest BCUT2D eigenvalue weighted by atomic mass is 16.4. The van der Waals surface area contributed by atoms with Crippen LogP contribution in [0.4, 0.5) is 0 Å². The molecule has 1 rings (SSSR count). The van der Waals surface area contributed by atoms with E-state index in [0.29, 0.717) is 11.1 Å². The third-order valence-electron chi connectivity index (χ3n) is 2.82. The predicted molar refractivity (Wildman–Crippen MR) is 78.6 cm³/mol. The molecule has 0 radical (unpaired) electrons. The highest BCUT2D eigenvalue weighted by molar-refractivity contribution is 5.99. The molecule has 0 saturated heterocycles. The summed E-state index contributed by atoms with van der Waals surface area (Å²) in [6.45, 7) is 4.80. The first-order valence-electron chi connectivity index (χ1n) is 6.27. The molecule has 112 valence electrons. The van der Waals surface area contributed by atoms with Gasteiger partial charge in [0.2, 0.25) is 5.91 Å². The van der Waals surface area contributed by atoms with E-state index < -0.39 is 23.3 Å². The van der Waals surface area contributed by atoms with Gasteiger partial charge in [-0.2, -0.15) is 0 Å². The summed E-state index contributed by atoms with van der Waals surface area (Å²) in [6.07, 6.45) is 2.38. The minimum Gasteiger partial charge on any atom is -0.478 e. The number of carboxylic acids is 1. The van der Waals surface area contributed by atoms with Crippen molar-refractivity contribution in [3.63, 3.8) is 0 Å². The minimum absolute atomic E-state index is 0.328. The Morgan fingerprint density at radius 1 is 1.24 bits per heavy atom. The number of carboxylic acid groups (broad SMARTS) is 1. The Kier molecular flexibility index (Phi) is 4.86. The second-order valence-corrected chi connectivity index (χ2v) is 5.25. The average Bonchev–Trinajstić information content (AvgIpc) is 2.35. The molecule has 0 aliphatic heterocycles. The second-order valence-electron chi connectivity index (χ2n) is 5.25. The summed E-state index contributed by atoms with van der Waals surface area (Å²) in [5.74, 6) is -2.17. The minimum atomic E-state index is -1.17. The van der Waals surface area contributed by atoms with Gasteiger partial charge in [-0.05, 0) is 50.1 Å². The molecule has 21 heavy (non-hydrogen) atoms. The van der Waals surface area contributed by atoms with Crippen molar-refractivity contribution in [2.24, 2.45) is 5.73 Å². The predicted octanol–water partition coefficient (Wildman–Crippen LogP) is 1.09. The molecule has 0 bridgehead atoms. The van der Waals surface area contributed by atoms with Crippen LogP contribution in [0.3, 0.4) is 0 Å². The fourth-order valence-electron chi connectivity index (χ4n) is 1.63. The van der Waals surface area contributed by atoms with Gasteiger partial charge < -0.3 is 16.2 Å². The van der Waals surface area contributed by atoms with Crippen LogP contribution in [-0.2, 0) is 9.59 Å². The normalized spacial score (nSPS) is 11.4. The summed E-state index contributed by atoms with van der Waals surface area (Å²) in [4.78, 5) is 33.9. The van der Waals surface area contributed by atoms with Crippen molar-refractivity contribution in [3.05, 3.63) is 41.0 Å². The van der Waals surface area contributed by atoms with Crippen molar-refractivity contribution in [2.45, 2.75) is 26.3 Å². The summed E-state index contributed by atoms with van der Waals surface area (Å²) in [5.41, 5.74) is 5.75. The Morgan fingerprint density at radius 2 is 1.86 bits per heavy atom. The van der Waals surface area contributed by atoms with Gasteiger partial charge >= 0.3 is 5.97 Å². The van der Waals surface area contributed by atoms with E-state index in [1.54, 1.807) is 25.1 Å². The second kappa shape index (κ2) is 6.21.